The Balaban J connectivity index is 0.683. The first kappa shape index (κ1) is 45.5. The first-order chi connectivity index (χ1) is 31.1. The molecule has 338 valence electrons. The van der Waals surface area contributed by atoms with E-state index in [1.807, 2.05) is 12.3 Å². The standard InChI is InChI=1S/C47H54N6O11/c1-31-12-13-38(45(58)50-31)53-46(59)37-9-5-11-41(44(37)47(53)60)64-30-43(57)49-18-21-62-23-25-63-24-22-61-20-16-42(56)48-17-14-32-6-4-7-33(26-32)52-29-34-27-35(52)28-51(34)19-15-40(55)36-8-2-3-10-39(36)54/h2-11,15,19,26,34-35,38,54H,1,12-14,16-18,20-25,27-30H2,(H,48,56)(H,49,57)(H,50,58)/b19-15+/t34-,35-,38?/m1/s1. The molecule has 4 aliphatic rings. The van der Waals surface area contributed by atoms with Crippen LogP contribution in [0.1, 0.15) is 62.3 Å². The van der Waals surface area contributed by atoms with Gasteiger partial charge >= 0.3 is 0 Å². The van der Waals surface area contributed by atoms with Crippen LogP contribution in [0.15, 0.2) is 91.3 Å². The van der Waals surface area contributed by atoms with Crippen molar-refractivity contribution in [2.45, 2.75) is 50.2 Å². The molecule has 0 spiro atoms. The quantitative estimate of drug-likeness (QED) is 0.0469. The molecule has 0 aromatic heterocycles. The van der Waals surface area contributed by atoms with Crippen LogP contribution in [-0.4, -0.2) is 141 Å². The summed E-state index contributed by atoms with van der Waals surface area (Å²) in [5.74, 6) is -2.38. The number of allylic oxidation sites excluding steroid dienone is 2. The fourth-order valence-electron chi connectivity index (χ4n) is 8.30. The summed E-state index contributed by atoms with van der Waals surface area (Å²) in [6.45, 7) is 7.54. The Hall–Kier alpha value is -6.56. The monoisotopic (exact) mass is 878 g/mol. The molecule has 17 nitrogen and oxygen atoms in total. The molecule has 0 aliphatic carbocycles. The van der Waals surface area contributed by atoms with Crippen LogP contribution in [0.4, 0.5) is 5.69 Å². The number of piperazine rings is 1. The molecule has 3 fully saturated rings. The van der Waals surface area contributed by atoms with Gasteiger partial charge in [-0.1, -0.05) is 36.9 Å². The van der Waals surface area contributed by atoms with Crippen molar-refractivity contribution in [3.63, 3.8) is 0 Å². The molecule has 0 radical (unpaired) electrons. The summed E-state index contributed by atoms with van der Waals surface area (Å²) in [5.41, 5.74) is 3.26. The number of phenols is 1. The molecule has 7 rings (SSSR count). The fourth-order valence-corrected chi connectivity index (χ4v) is 8.30. The number of carbonyl (C=O) groups excluding carboxylic acids is 6. The molecule has 3 aromatic carbocycles. The number of ketones is 1. The SMILES string of the molecule is C=C1CCC(N2C(=O)c3cccc(OCC(=O)NCCOCCOCCOCCC(=O)NCCc4cccc(N5C[C@H]6C[C@@H]5CN6/C=C/C(=O)c5ccccc5O)c4)c3C2=O)C(=O)N1. The number of nitrogens with zero attached hydrogens (tertiary/aromatic N) is 3. The van der Waals surface area contributed by atoms with Gasteiger partial charge in [0.1, 0.15) is 17.5 Å². The van der Waals surface area contributed by atoms with Crippen molar-refractivity contribution >= 4 is 41.0 Å². The van der Waals surface area contributed by atoms with E-state index in [1.165, 1.54) is 24.3 Å². The number of nitrogens with one attached hydrogen (secondary N) is 3. The van der Waals surface area contributed by atoms with E-state index < -0.39 is 36.3 Å². The number of imide groups is 1. The molecule has 2 bridgehead atoms. The largest absolute Gasteiger partial charge is 0.507 e. The molecule has 5 amide bonds. The lowest BCUT2D eigenvalue weighted by Gasteiger charge is -2.35. The maximum absolute atomic E-state index is 13.2. The average molecular weight is 879 g/mol. The van der Waals surface area contributed by atoms with Crippen molar-refractivity contribution in [2.75, 3.05) is 77.3 Å². The molecule has 64 heavy (non-hydrogen) atoms. The molecule has 3 saturated heterocycles. The lowest BCUT2D eigenvalue weighted by molar-refractivity contribution is -0.125. The molecular formula is C47H54N6O11. The zero-order valence-electron chi connectivity index (χ0n) is 35.6. The second-order valence-electron chi connectivity index (χ2n) is 15.9. The molecule has 17 heteroatoms. The van der Waals surface area contributed by atoms with Gasteiger partial charge in [-0.2, -0.15) is 0 Å². The van der Waals surface area contributed by atoms with Gasteiger partial charge in [-0.25, -0.2) is 0 Å². The van der Waals surface area contributed by atoms with Gasteiger partial charge in [0, 0.05) is 68.3 Å². The third-order valence-corrected chi connectivity index (χ3v) is 11.5. The van der Waals surface area contributed by atoms with Crippen molar-refractivity contribution in [3.8, 4) is 11.5 Å². The van der Waals surface area contributed by atoms with Gasteiger partial charge in [-0.3, -0.25) is 33.7 Å². The van der Waals surface area contributed by atoms with E-state index in [0.717, 1.165) is 35.7 Å². The van der Waals surface area contributed by atoms with Gasteiger partial charge in [0.25, 0.3) is 17.7 Å². The number of anilines is 1. The van der Waals surface area contributed by atoms with E-state index in [2.05, 4.69) is 50.5 Å². The van der Waals surface area contributed by atoms with Gasteiger partial charge < -0.3 is 49.8 Å². The van der Waals surface area contributed by atoms with Crippen molar-refractivity contribution in [3.05, 3.63) is 114 Å². The topological polar surface area (TPSA) is 205 Å². The Morgan fingerprint density at radius 3 is 2.34 bits per heavy atom. The molecule has 1 unspecified atom stereocenters. The van der Waals surface area contributed by atoms with Gasteiger partial charge in [0.05, 0.1) is 56.3 Å². The average Bonchev–Trinajstić information content (AvgIpc) is 3.97. The lowest BCUT2D eigenvalue weighted by Crippen LogP contribution is -2.51. The zero-order chi connectivity index (χ0) is 45.0. The number of benzene rings is 3. The molecule has 4 N–H and O–H groups in total. The predicted octanol–water partition coefficient (Wildman–Crippen LogP) is 2.73. The first-order valence-corrected chi connectivity index (χ1v) is 21.6. The molecule has 0 saturated carbocycles. The lowest BCUT2D eigenvalue weighted by atomic mass is 10.0. The highest BCUT2D eigenvalue weighted by atomic mass is 16.5. The number of likely N-dealkylation sites (tertiary alicyclic amines) is 1. The number of piperidine rings is 1. The number of para-hydroxylation sites is 1. The van der Waals surface area contributed by atoms with E-state index in [-0.39, 0.29) is 66.9 Å². The van der Waals surface area contributed by atoms with Gasteiger partial charge in [0.2, 0.25) is 11.8 Å². The number of phenolic OH excluding ortho intramolecular Hbond substituents is 1. The minimum atomic E-state index is -0.951. The van der Waals surface area contributed by atoms with Crippen LogP contribution in [-0.2, 0) is 35.0 Å². The summed E-state index contributed by atoms with van der Waals surface area (Å²) >= 11 is 0. The maximum atomic E-state index is 13.2. The fraction of sp³-hybridized carbons (Fsp3) is 0.404. The smallest absolute Gasteiger partial charge is 0.266 e. The number of rotatable bonds is 23. The summed E-state index contributed by atoms with van der Waals surface area (Å²) < 4.78 is 22.2. The van der Waals surface area contributed by atoms with Crippen molar-refractivity contribution in [1.82, 2.24) is 25.8 Å². The van der Waals surface area contributed by atoms with E-state index in [1.54, 1.807) is 24.3 Å². The van der Waals surface area contributed by atoms with Gasteiger partial charge in [0.15, 0.2) is 12.4 Å². The van der Waals surface area contributed by atoms with Gasteiger partial charge in [-0.05, 0) is 67.6 Å². The highest BCUT2D eigenvalue weighted by Gasteiger charge is 2.46. The van der Waals surface area contributed by atoms with Gasteiger partial charge in [-0.15, -0.1) is 0 Å². The van der Waals surface area contributed by atoms with Crippen molar-refractivity contribution in [2.24, 2.45) is 0 Å². The number of amides is 5. The minimum Gasteiger partial charge on any atom is -0.507 e. The second-order valence-corrected chi connectivity index (χ2v) is 15.9. The van der Waals surface area contributed by atoms with Crippen LogP contribution in [0.3, 0.4) is 0 Å². The Bertz CT molecular complexity index is 2260. The number of hydrogen-bond donors (Lipinski definition) is 4. The van der Waals surface area contributed by atoms with Crippen LogP contribution < -0.4 is 25.6 Å². The van der Waals surface area contributed by atoms with Crippen LogP contribution >= 0.6 is 0 Å². The van der Waals surface area contributed by atoms with E-state index >= 15 is 0 Å². The number of aromatic hydroxyl groups is 1. The van der Waals surface area contributed by atoms with Crippen LogP contribution in [0.2, 0.25) is 0 Å². The summed E-state index contributed by atoms with van der Waals surface area (Å²) in [7, 11) is 0. The molecule has 4 heterocycles. The van der Waals surface area contributed by atoms with Crippen molar-refractivity contribution < 1.29 is 52.8 Å². The summed E-state index contributed by atoms with van der Waals surface area (Å²) in [6, 6.07) is 19.2. The third kappa shape index (κ3) is 11.3. The highest BCUT2D eigenvalue weighted by Crippen LogP contribution is 2.36. The van der Waals surface area contributed by atoms with E-state index in [9.17, 15) is 33.9 Å². The summed E-state index contributed by atoms with van der Waals surface area (Å²) in [6.07, 6.45) is 6.07. The molecule has 4 aliphatic heterocycles. The number of ether oxygens (including phenoxy) is 4. The van der Waals surface area contributed by atoms with Crippen LogP contribution in [0.5, 0.6) is 11.5 Å². The minimum absolute atomic E-state index is 0.0170. The number of carbonyl (C=O) groups is 6. The second kappa shape index (κ2) is 21.7. The predicted molar refractivity (Wildman–Crippen MR) is 234 cm³/mol. The highest BCUT2D eigenvalue weighted by molar-refractivity contribution is 6.24. The van der Waals surface area contributed by atoms with Crippen LogP contribution in [0.25, 0.3) is 0 Å². The van der Waals surface area contributed by atoms with Crippen LogP contribution in [0, 0.1) is 0 Å². The van der Waals surface area contributed by atoms with Crippen molar-refractivity contribution in [1.29, 1.82) is 0 Å². The third-order valence-electron chi connectivity index (χ3n) is 11.5. The van der Waals surface area contributed by atoms with E-state index in [0.29, 0.717) is 69.2 Å². The summed E-state index contributed by atoms with van der Waals surface area (Å²) in [5, 5.41) is 18.2. The Morgan fingerprint density at radius 2 is 1.58 bits per heavy atom. The molecule has 3 aromatic rings. The summed E-state index contributed by atoms with van der Waals surface area (Å²) in [4.78, 5) is 81.7. The molecular weight excluding hydrogens is 825 g/mol. The first-order valence-electron chi connectivity index (χ1n) is 21.6. The van der Waals surface area contributed by atoms with E-state index in [4.69, 9.17) is 18.9 Å². The Labute approximate surface area is 371 Å². The number of fused-ring (bicyclic) bond motifs is 3. The Kier molecular flexibility index (Phi) is 15.4. The maximum Gasteiger partial charge on any atom is 0.266 e. The Morgan fingerprint density at radius 1 is 0.828 bits per heavy atom. The normalized spacial score (nSPS) is 19.1. The number of hydrogen-bond acceptors (Lipinski definition) is 13. The zero-order valence-corrected chi connectivity index (χ0v) is 35.6. The molecule has 3 atom stereocenters.